The maximum Gasteiger partial charge on any atom is 0.135 e. The molecule has 0 aliphatic carbocycles. The van der Waals surface area contributed by atoms with Crippen molar-refractivity contribution >= 4 is 5.69 Å². The van der Waals surface area contributed by atoms with Crippen LogP contribution in [0.5, 0.6) is 0 Å². The average molecular weight is 241 g/mol. The smallest absolute Gasteiger partial charge is 0.135 e. The minimum absolute atomic E-state index is 0.967. The lowest BCUT2D eigenvalue weighted by atomic mass is 10.1. The molecule has 1 aromatic heterocycles. The van der Waals surface area contributed by atoms with Crippen LogP contribution < -0.4 is 4.90 Å². The number of hydrogen-bond donors (Lipinski definition) is 0. The van der Waals surface area contributed by atoms with Crippen LogP contribution in [0.4, 0.5) is 5.69 Å². The van der Waals surface area contributed by atoms with Gasteiger partial charge in [0.1, 0.15) is 5.76 Å². The van der Waals surface area contributed by atoms with Crippen LogP contribution in [0.3, 0.4) is 0 Å². The van der Waals surface area contributed by atoms with Gasteiger partial charge in [-0.15, -0.1) is 0 Å². The second-order valence-corrected chi connectivity index (χ2v) is 4.90. The van der Waals surface area contributed by atoms with Crippen molar-refractivity contribution in [2.45, 2.75) is 25.7 Å². The van der Waals surface area contributed by atoms with Crippen molar-refractivity contribution in [1.29, 1.82) is 0 Å². The summed E-state index contributed by atoms with van der Waals surface area (Å²) in [5, 5.41) is 0. The summed E-state index contributed by atoms with van der Waals surface area (Å²) in [4.78, 5) is 2.50. The van der Waals surface area contributed by atoms with E-state index >= 15 is 0 Å². The molecule has 2 heteroatoms. The molecule has 0 spiro atoms. The molecular weight excluding hydrogens is 222 g/mol. The zero-order chi connectivity index (χ0) is 12.2. The quantitative estimate of drug-likeness (QED) is 0.778. The molecule has 0 radical (unpaired) electrons. The third kappa shape index (κ3) is 2.28. The Morgan fingerprint density at radius 2 is 1.61 bits per heavy atom. The summed E-state index contributed by atoms with van der Waals surface area (Å²) in [6, 6.07) is 12.6. The Balaban J connectivity index is 1.95. The highest BCUT2D eigenvalue weighted by Crippen LogP contribution is 2.32. The molecule has 1 aliphatic heterocycles. The number of nitrogens with zero attached hydrogens (tertiary/aromatic N) is 1. The summed E-state index contributed by atoms with van der Waals surface area (Å²) in [6.07, 6.45) is 7.06. The zero-order valence-electron chi connectivity index (χ0n) is 10.6. The first-order chi connectivity index (χ1) is 8.95. The van der Waals surface area contributed by atoms with E-state index in [1.807, 2.05) is 12.1 Å². The van der Waals surface area contributed by atoms with Crippen molar-refractivity contribution in [3.63, 3.8) is 0 Å². The third-order valence-corrected chi connectivity index (χ3v) is 3.64. The molecule has 1 saturated heterocycles. The normalized spacial score (nSPS) is 16.6. The first-order valence-corrected chi connectivity index (χ1v) is 6.83. The molecule has 2 nitrogen and oxygen atoms in total. The molecular formula is C16H19NO. The molecule has 3 rings (SSSR count). The Morgan fingerprint density at radius 1 is 0.833 bits per heavy atom. The van der Waals surface area contributed by atoms with Crippen LogP contribution in [0.2, 0.25) is 0 Å². The predicted molar refractivity (Wildman–Crippen MR) is 74.8 cm³/mol. The number of rotatable bonds is 2. The van der Waals surface area contributed by atoms with E-state index in [1.165, 1.54) is 36.9 Å². The van der Waals surface area contributed by atoms with Crippen LogP contribution in [-0.4, -0.2) is 13.1 Å². The Labute approximate surface area is 108 Å². The van der Waals surface area contributed by atoms with Gasteiger partial charge in [-0.05, 0) is 37.1 Å². The van der Waals surface area contributed by atoms with E-state index in [2.05, 4.69) is 29.2 Å². The van der Waals surface area contributed by atoms with E-state index in [9.17, 15) is 0 Å². The van der Waals surface area contributed by atoms with Gasteiger partial charge in [-0.25, -0.2) is 0 Å². The summed E-state index contributed by atoms with van der Waals surface area (Å²) in [6.45, 7) is 2.33. The van der Waals surface area contributed by atoms with E-state index in [1.54, 1.807) is 6.26 Å². The fourth-order valence-electron chi connectivity index (χ4n) is 2.70. The van der Waals surface area contributed by atoms with Gasteiger partial charge in [-0.3, -0.25) is 0 Å². The minimum Gasteiger partial charge on any atom is -0.464 e. The summed E-state index contributed by atoms with van der Waals surface area (Å²) in [5.74, 6) is 0.967. The molecule has 0 amide bonds. The van der Waals surface area contributed by atoms with Crippen molar-refractivity contribution in [1.82, 2.24) is 0 Å². The molecule has 18 heavy (non-hydrogen) atoms. The molecule has 0 atom stereocenters. The maximum atomic E-state index is 5.56. The van der Waals surface area contributed by atoms with Crippen LogP contribution in [0.1, 0.15) is 25.7 Å². The minimum atomic E-state index is 0.967. The van der Waals surface area contributed by atoms with Gasteiger partial charge in [0.15, 0.2) is 0 Å². The first kappa shape index (κ1) is 11.4. The van der Waals surface area contributed by atoms with Gasteiger partial charge in [0, 0.05) is 24.3 Å². The lowest BCUT2D eigenvalue weighted by Gasteiger charge is -2.24. The molecule has 2 heterocycles. The third-order valence-electron chi connectivity index (χ3n) is 3.64. The van der Waals surface area contributed by atoms with Gasteiger partial charge in [-0.2, -0.15) is 0 Å². The van der Waals surface area contributed by atoms with Crippen molar-refractivity contribution in [2.75, 3.05) is 18.0 Å². The summed E-state index contributed by atoms with van der Waals surface area (Å²) in [7, 11) is 0. The SMILES string of the molecule is c1coc(-c2ccccc2N2CCCCCC2)c1. The van der Waals surface area contributed by atoms with E-state index in [0.29, 0.717) is 0 Å². The molecule has 94 valence electrons. The van der Waals surface area contributed by atoms with E-state index in [-0.39, 0.29) is 0 Å². The van der Waals surface area contributed by atoms with Gasteiger partial charge in [0.2, 0.25) is 0 Å². The molecule has 1 fully saturated rings. The van der Waals surface area contributed by atoms with Crippen molar-refractivity contribution in [3.8, 4) is 11.3 Å². The van der Waals surface area contributed by atoms with Crippen LogP contribution in [-0.2, 0) is 0 Å². The van der Waals surface area contributed by atoms with Crippen LogP contribution in [0, 0.1) is 0 Å². The van der Waals surface area contributed by atoms with Crippen LogP contribution >= 0.6 is 0 Å². The zero-order valence-corrected chi connectivity index (χ0v) is 10.6. The standard InChI is InChI=1S/C16H19NO/c1-2-6-12-17(11-5-1)15-9-4-3-8-14(15)16-10-7-13-18-16/h3-4,7-10,13H,1-2,5-6,11-12H2. The van der Waals surface area contributed by atoms with Gasteiger partial charge in [0.25, 0.3) is 0 Å². The van der Waals surface area contributed by atoms with Crippen LogP contribution in [0.25, 0.3) is 11.3 Å². The Bertz CT molecular complexity index is 482. The van der Waals surface area contributed by atoms with Crippen molar-refractivity contribution in [3.05, 3.63) is 42.7 Å². The number of benzene rings is 1. The Morgan fingerprint density at radius 3 is 2.33 bits per heavy atom. The Kier molecular flexibility index (Phi) is 3.35. The van der Waals surface area contributed by atoms with E-state index in [4.69, 9.17) is 4.42 Å². The fraction of sp³-hybridized carbons (Fsp3) is 0.375. The van der Waals surface area contributed by atoms with Gasteiger partial charge in [0.05, 0.1) is 6.26 Å². The highest BCUT2D eigenvalue weighted by atomic mass is 16.3. The van der Waals surface area contributed by atoms with Gasteiger partial charge < -0.3 is 9.32 Å². The number of anilines is 1. The van der Waals surface area contributed by atoms with Gasteiger partial charge >= 0.3 is 0 Å². The highest BCUT2D eigenvalue weighted by molar-refractivity contribution is 5.75. The summed E-state index contributed by atoms with van der Waals surface area (Å²) < 4.78 is 5.56. The molecule has 0 saturated carbocycles. The molecule has 1 aromatic carbocycles. The number of furan rings is 1. The lowest BCUT2D eigenvalue weighted by Crippen LogP contribution is -2.24. The lowest BCUT2D eigenvalue weighted by molar-refractivity contribution is 0.582. The molecule has 0 N–H and O–H groups in total. The summed E-state index contributed by atoms with van der Waals surface area (Å²) >= 11 is 0. The highest BCUT2D eigenvalue weighted by Gasteiger charge is 2.15. The molecule has 0 bridgehead atoms. The number of hydrogen-bond acceptors (Lipinski definition) is 2. The molecule has 2 aromatic rings. The second-order valence-electron chi connectivity index (χ2n) is 4.90. The topological polar surface area (TPSA) is 16.4 Å². The van der Waals surface area contributed by atoms with E-state index in [0.717, 1.165) is 18.8 Å². The average Bonchev–Trinajstić information content (AvgIpc) is 2.81. The fourth-order valence-corrected chi connectivity index (χ4v) is 2.70. The van der Waals surface area contributed by atoms with Crippen LogP contribution in [0.15, 0.2) is 47.1 Å². The molecule has 1 aliphatic rings. The monoisotopic (exact) mass is 241 g/mol. The Hall–Kier alpha value is -1.70. The second kappa shape index (κ2) is 5.30. The van der Waals surface area contributed by atoms with Crippen molar-refractivity contribution in [2.24, 2.45) is 0 Å². The number of para-hydroxylation sites is 1. The maximum absolute atomic E-state index is 5.56. The predicted octanol–water partition coefficient (Wildman–Crippen LogP) is 4.33. The summed E-state index contributed by atoms with van der Waals surface area (Å²) in [5.41, 5.74) is 2.53. The van der Waals surface area contributed by atoms with Crippen molar-refractivity contribution < 1.29 is 4.42 Å². The first-order valence-electron chi connectivity index (χ1n) is 6.83. The molecule has 0 unspecified atom stereocenters. The van der Waals surface area contributed by atoms with Gasteiger partial charge in [-0.1, -0.05) is 25.0 Å². The van der Waals surface area contributed by atoms with E-state index < -0.39 is 0 Å². The largest absolute Gasteiger partial charge is 0.464 e.